The molecule has 1 aromatic carbocycles. The van der Waals surface area contributed by atoms with E-state index < -0.39 is 23.5 Å². The SMILES string of the molecule is CCOc1cc(C=CC(=O)C2C(=O)C=C(C)OC2=O)cc(Br)c1OCC. The fourth-order valence-electron chi connectivity index (χ4n) is 2.41. The monoisotopic (exact) mass is 422 g/mol. The summed E-state index contributed by atoms with van der Waals surface area (Å²) in [5.74, 6) is -2.22. The average Bonchev–Trinajstić information content (AvgIpc) is 2.55. The fraction of sp³-hybridized carbons (Fsp3) is 0.316. The number of rotatable bonds is 7. The quantitative estimate of drug-likeness (QED) is 0.380. The van der Waals surface area contributed by atoms with Crippen LogP contribution >= 0.6 is 15.9 Å². The van der Waals surface area contributed by atoms with Gasteiger partial charge < -0.3 is 14.2 Å². The van der Waals surface area contributed by atoms with Gasteiger partial charge in [0.1, 0.15) is 5.76 Å². The Morgan fingerprint density at radius 2 is 1.92 bits per heavy atom. The van der Waals surface area contributed by atoms with Crippen molar-refractivity contribution in [2.24, 2.45) is 5.92 Å². The molecule has 1 unspecified atom stereocenters. The molecule has 6 nitrogen and oxygen atoms in total. The van der Waals surface area contributed by atoms with Crippen molar-refractivity contribution in [1.82, 2.24) is 0 Å². The molecule has 0 bridgehead atoms. The number of carbonyl (C=O) groups is 3. The second-order valence-corrected chi connectivity index (χ2v) is 6.30. The molecule has 138 valence electrons. The molecule has 0 amide bonds. The Morgan fingerprint density at radius 3 is 2.54 bits per heavy atom. The van der Waals surface area contributed by atoms with Crippen molar-refractivity contribution in [3.8, 4) is 11.5 Å². The average molecular weight is 423 g/mol. The number of allylic oxidation sites excluding steroid dienone is 3. The summed E-state index contributed by atoms with van der Waals surface area (Å²) in [7, 11) is 0. The highest BCUT2D eigenvalue weighted by molar-refractivity contribution is 9.10. The maximum absolute atomic E-state index is 12.3. The molecular formula is C19H19BrO6. The smallest absolute Gasteiger partial charge is 0.329 e. The summed E-state index contributed by atoms with van der Waals surface area (Å²) in [5, 5.41) is 0. The third-order valence-electron chi connectivity index (χ3n) is 3.47. The van der Waals surface area contributed by atoms with Crippen molar-refractivity contribution in [2.75, 3.05) is 13.2 Å². The normalized spacial score (nSPS) is 17.1. The summed E-state index contributed by atoms with van der Waals surface area (Å²) < 4.78 is 16.7. The first-order chi connectivity index (χ1) is 12.4. The fourth-order valence-corrected chi connectivity index (χ4v) is 2.98. The Kier molecular flexibility index (Phi) is 6.74. The van der Waals surface area contributed by atoms with Crippen molar-refractivity contribution >= 4 is 39.5 Å². The van der Waals surface area contributed by atoms with Crippen molar-refractivity contribution < 1.29 is 28.6 Å². The zero-order valence-corrected chi connectivity index (χ0v) is 16.3. The molecule has 1 aromatic rings. The molecule has 1 aliphatic rings. The van der Waals surface area contributed by atoms with Gasteiger partial charge in [0.25, 0.3) is 0 Å². The lowest BCUT2D eigenvalue weighted by atomic mass is 9.96. The van der Waals surface area contributed by atoms with E-state index in [4.69, 9.17) is 14.2 Å². The van der Waals surface area contributed by atoms with Crippen molar-refractivity contribution in [3.05, 3.63) is 40.1 Å². The number of ether oxygens (including phenoxy) is 3. The molecular weight excluding hydrogens is 404 g/mol. The second kappa shape index (κ2) is 8.80. The van der Waals surface area contributed by atoms with E-state index in [1.807, 2.05) is 13.8 Å². The van der Waals surface area contributed by atoms with E-state index in [-0.39, 0.29) is 5.76 Å². The molecule has 1 atom stereocenters. The minimum absolute atomic E-state index is 0.185. The molecule has 2 rings (SSSR count). The van der Waals surface area contributed by atoms with Gasteiger partial charge in [0.2, 0.25) is 0 Å². The predicted octanol–water partition coefficient (Wildman–Crippen LogP) is 3.47. The number of benzene rings is 1. The first-order valence-electron chi connectivity index (χ1n) is 8.12. The molecule has 0 saturated heterocycles. The molecule has 0 fully saturated rings. The van der Waals surface area contributed by atoms with E-state index >= 15 is 0 Å². The standard InChI is InChI=1S/C19H19BrO6/c1-4-24-16-10-12(9-13(20)18(16)25-5-2)6-7-14(21)17-15(22)8-11(3)26-19(17)23/h6-10,17H,4-5H2,1-3H3. The topological polar surface area (TPSA) is 78.9 Å². The summed E-state index contributed by atoms with van der Waals surface area (Å²) in [5.41, 5.74) is 0.653. The van der Waals surface area contributed by atoms with Crippen LogP contribution in [0.15, 0.2) is 34.5 Å². The highest BCUT2D eigenvalue weighted by Crippen LogP contribution is 2.37. The van der Waals surface area contributed by atoms with Crippen LogP contribution < -0.4 is 9.47 Å². The number of halogens is 1. The van der Waals surface area contributed by atoms with Crippen molar-refractivity contribution in [3.63, 3.8) is 0 Å². The third-order valence-corrected chi connectivity index (χ3v) is 4.06. The van der Waals surface area contributed by atoms with Gasteiger partial charge in [-0.1, -0.05) is 6.08 Å². The zero-order chi connectivity index (χ0) is 19.3. The lowest BCUT2D eigenvalue weighted by Crippen LogP contribution is -2.34. The molecule has 7 heteroatoms. The first-order valence-corrected chi connectivity index (χ1v) is 8.91. The van der Waals surface area contributed by atoms with E-state index in [1.165, 1.54) is 19.1 Å². The van der Waals surface area contributed by atoms with Crippen LogP contribution in [0.25, 0.3) is 6.08 Å². The highest BCUT2D eigenvalue weighted by atomic mass is 79.9. The van der Waals surface area contributed by atoms with Gasteiger partial charge in [0.15, 0.2) is 29.0 Å². The Hall–Kier alpha value is -2.41. The van der Waals surface area contributed by atoms with Crippen LogP contribution in [0.5, 0.6) is 11.5 Å². The summed E-state index contributed by atoms with van der Waals surface area (Å²) in [6.07, 6.45) is 3.85. The summed E-state index contributed by atoms with van der Waals surface area (Å²) >= 11 is 3.42. The van der Waals surface area contributed by atoms with Crippen molar-refractivity contribution in [2.45, 2.75) is 20.8 Å². The summed E-state index contributed by atoms with van der Waals surface area (Å²) in [6.45, 7) is 6.13. The first kappa shape index (κ1) is 19.9. The maximum atomic E-state index is 12.3. The van der Waals surface area contributed by atoms with Gasteiger partial charge in [0.05, 0.1) is 17.7 Å². The number of hydrogen-bond donors (Lipinski definition) is 0. The minimum Gasteiger partial charge on any atom is -0.490 e. The van der Waals surface area contributed by atoms with E-state index in [0.29, 0.717) is 34.7 Å². The van der Waals surface area contributed by atoms with E-state index in [9.17, 15) is 14.4 Å². The number of hydrogen-bond acceptors (Lipinski definition) is 6. The van der Waals surface area contributed by atoms with Crippen LogP contribution in [-0.2, 0) is 19.1 Å². The maximum Gasteiger partial charge on any atom is 0.329 e. The van der Waals surface area contributed by atoms with Gasteiger partial charge in [-0.2, -0.15) is 0 Å². The van der Waals surface area contributed by atoms with Crippen LogP contribution in [0.2, 0.25) is 0 Å². The number of cyclic esters (lactones) is 1. The molecule has 0 N–H and O–H groups in total. The van der Waals surface area contributed by atoms with Crippen molar-refractivity contribution in [1.29, 1.82) is 0 Å². The van der Waals surface area contributed by atoms with Crippen LogP contribution in [0.1, 0.15) is 26.3 Å². The van der Waals surface area contributed by atoms with Gasteiger partial charge in [-0.25, -0.2) is 0 Å². The molecule has 26 heavy (non-hydrogen) atoms. The van der Waals surface area contributed by atoms with Crippen LogP contribution in [0, 0.1) is 5.92 Å². The molecule has 1 aliphatic heterocycles. The van der Waals surface area contributed by atoms with Crippen LogP contribution in [0.4, 0.5) is 0 Å². The molecule has 0 radical (unpaired) electrons. The van der Waals surface area contributed by atoms with Crippen LogP contribution in [-0.4, -0.2) is 30.7 Å². The lowest BCUT2D eigenvalue weighted by Gasteiger charge is -2.16. The Bertz CT molecular complexity index is 793. The highest BCUT2D eigenvalue weighted by Gasteiger charge is 2.36. The number of carbonyl (C=O) groups excluding carboxylic acids is 3. The van der Waals surface area contributed by atoms with E-state index in [2.05, 4.69) is 15.9 Å². The van der Waals surface area contributed by atoms with Gasteiger partial charge in [-0.15, -0.1) is 0 Å². The van der Waals surface area contributed by atoms with Gasteiger partial charge in [-0.05, 0) is 60.5 Å². The van der Waals surface area contributed by atoms with Gasteiger partial charge >= 0.3 is 5.97 Å². The lowest BCUT2D eigenvalue weighted by molar-refractivity contribution is -0.151. The third kappa shape index (κ3) is 4.60. The zero-order valence-electron chi connectivity index (χ0n) is 14.7. The second-order valence-electron chi connectivity index (χ2n) is 5.44. The molecule has 0 aromatic heterocycles. The largest absolute Gasteiger partial charge is 0.490 e. The number of ketones is 2. The van der Waals surface area contributed by atoms with E-state index in [0.717, 1.165) is 6.08 Å². The Balaban J connectivity index is 2.25. The number of esters is 1. The molecule has 0 aliphatic carbocycles. The van der Waals surface area contributed by atoms with Gasteiger partial charge in [-0.3, -0.25) is 14.4 Å². The summed E-state index contributed by atoms with van der Waals surface area (Å²) in [4.78, 5) is 36.0. The molecule has 1 heterocycles. The minimum atomic E-state index is -1.45. The van der Waals surface area contributed by atoms with Gasteiger partial charge in [0, 0.05) is 6.08 Å². The Morgan fingerprint density at radius 1 is 1.23 bits per heavy atom. The Labute approximate surface area is 159 Å². The summed E-state index contributed by atoms with van der Waals surface area (Å²) in [6, 6.07) is 3.47. The molecule has 0 saturated carbocycles. The predicted molar refractivity (Wildman–Crippen MR) is 98.9 cm³/mol. The van der Waals surface area contributed by atoms with E-state index in [1.54, 1.807) is 12.1 Å². The molecule has 0 spiro atoms. The van der Waals surface area contributed by atoms with Crippen LogP contribution in [0.3, 0.4) is 0 Å².